The van der Waals surface area contributed by atoms with Crippen LogP contribution in [0.1, 0.15) is 32.6 Å². The lowest BCUT2D eigenvalue weighted by atomic mass is 9.91. The predicted octanol–water partition coefficient (Wildman–Crippen LogP) is 1.18. The number of rotatable bonds is 3. The number of anilines is 1. The molecule has 0 radical (unpaired) electrons. The molecule has 1 saturated carbocycles. The molecular weight excluding hydrogens is 282 g/mol. The number of carbonyl (C=O) groups excluding carboxylic acids is 1. The van der Waals surface area contributed by atoms with Gasteiger partial charge in [0.25, 0.3) is 5.56 Å². The summed E-state index contributed by atoms with van der Waals surface area (Å²) < 4.78 is 0. The van der Waals surface area contributed by atoms with Crippen LogP contribution in [0.5, 0.6) is 0 Å². The minimum Gasteiger partial charge on any atom is -0.364 e. The Kier molecular flexibility index (Phi) is 4.04. The zero-order valence-electron chi connectivity index (χ0n) is 12.4. The molecule has 0 bridgehead atoms. The average Bonchev–Trinajstić information content (AvgIpc) is 2.50. The first-order chi connectivity index (χ1) is 10.6. The molecule has 3 rings (SSSR count). The van der Waals surface area contributed by atoms with Crippen LogP contribution in [0.3, 0.4) is 0 Å². The van der Waals surface area contributed by atoms with Crippen LogP contribution < -0.4 is 16.2 Å². The third-order valence-corrected chi connectivity index (χ3v) is 3.97. The summed E-state index contributed by atoms with van der Waals surface area (Å²) in [4.78, 5) is 27.2. The summed E-state index contributed by atoms with van der Waals surface area (Å²) in [5.74, 6) is 0.587. The highest BCUT2D eigenvalue weighted by Gasteiger charge is 2.23. The maximum Gasteiger partial charge on any atom is 0.273 e. The first-order valence-electron chi connectivity index (χ1n) is 7.50. The third-order valence-electron chi connectivity index (χ3n) is 3.97. The molecule has 0 spiro atoms. The van der Waals surface area contributed by atoms with Crippen molar-refractivity contribution < 1.29 is 4.79 Å². The van der Waals surface area contributed by atoms with Gasteiger partial charge in [0.05, 0.1) is 5.39 Å². The van der Waals surface area contributed by atoms with Gasteiger partial charge in [-0.1, -0.05) is 0 Å². The summed E-state index contributed by atoms with van der Waals surface area (Å²) in [5.41, 5.74) is 0.335. The van der Waals surface area contributed by atoms with Crippen molar-refractivity contribution in [3.05, 3.63) is 28.7 Å². The quantitative estimate of drug-likeness (QED) is 0.790. The lowest BCUT2D eigenvalue weighted by Crippen LogP contribution is -2.41. The molecule has 0 saturated heterocycles. The van der Waals surface area contributed by atoms with Crippen LogP contribution in [0.2, 0.25) is 0 Å². The molecule has 7 heteroatoms. The summed E-state index contributed by atoms with van der Waals surface area (Å²) in [6.07, 6.45) is 5.53. The Labute approximate surface area is 127 Å². The summed E-state index contributed by atoms with van der Waals surface area (Å²) in [5, 5.41) is 13.4. The number of nitrogens with one attached hydrogen (secondary N) is 3. The first-order valence-corrected chi connectivity index (χ1v) is 7.50. The standard InChI is InChI=1S/C15H19N5O2/c1-9(21)17-10-4-2-5-11(8-10)18-14-13-12(6-3-7-16-13)15(22)20-19-14/h3,6-7,10-11H,2,4-5,8H2,1H3,(H,17,21)(H,18,19)(H,20,22). The zero-order valence-corrected chi connectivity index (χ0v) is 12.4. The minimum atomic E-state index is -0.242. The number of fused-ring (bicyclic) bond motifs is 1. The van der Waals surface area contributed by atoms with Crippen molar-refractivity contribution in [3.8, 4) is 0 Å². The molecule has 1 aliphatic carbocycles. The topological polar surface area (TPSA) is 99.8 Å². The van der Waals surface area contributed by atoms with Crippen LogP contribution in [0.4, 0.5) is 5.82 Å². The lowest BCUT2D eigenvalue weighted by molar-refractivity contribution is -0.119. The average molecular weight is 301 g/mol. The number of hydrogen-bond acceptors (Lipinski definition) is 5. The number of pyridine rings is 1. The van der Waals surface area contributed by atoms with E-state index in [4.69, 9.17) is 0 Å². The van der Waals surface area contributed by atoms with Gasteiger partial charge in [-0.3, -0.25) is 14.6 Å². The van der Waals surface area contributed by atoms with Gasteiger partial charge >= 0.3 is 0 Å². The second-order valence-electron chi connectivity index (χ2n) is 5.71. The van der Waals surface area contributed by atoms with E-state index in [2.05, 4.69) is 25.8 Å². The zero-order chi connectivity index (χ0) is 15.5. The van der Waals surface area contributed by atoms with Crippen molar-refractivity contribution in [2.75, 3.05) is 5.32 Å². The van der Waals surface area contributed by atoms with Crippen LogP contribution >= 0.6 is 0 Å². The Morgan fingerprint density at radius 1 is 1.36 bits per heavy atom. The van der Waals surface area contributed by atoms with E-state index in [0.29, 0.717) is 16.7 Å². The SMILES string of the molecule is CC(=O)NC1CCCC(Nc2n[nH]c(=O)c3cccnc23)C1. The van der Waals surface area contributed by atoms with E-state index in [-0.39, 0.29) is 23.6 Å². The molecule has 2 atom stereocenters. The first kappa shape index (κ1) is 14.5. The Bertz CT molecular complexity index is 742. The van der Waals surface area contributed by atoms with Crippen LogP contribution in [0.25, 0.3) is 10.9 Å². The Hall–Kier alpha value is -2.44. The highest BCUT2D eigenvalue weighted by atomic mass is 16.1. The van der Waals surface area contributed by atoms with Gasteiger partial charge in [0, 0.05) is 25.2 Å². The molecule has 7 nitrogen and oxygen atoms in total. The van der Waals surface area contributed by atoms with E-state index in [9.17, 15) is 9.59 Å². The van der Waals surface area contributed by atoms with E-state index in [1.807, 2.05) is 0 Å². The van der Waals surface area contributed by atoms with Crippen LogP contribution in [0, 0.1) is 0 Å². The molecule has 116 valence electrons. The fraction of sp³-hybridized carbons (Fsp3) is 0.467. The number of amides is 1. The second-order valence-corrected chi connectivity index (χ2v) is 5.71. The molecular formula is C15H19N5O2. The molecule has 22 heavy (non-hydrogen) atoms. The summed E-state index contributed by atoms with van der Waals surface area (Å²) in [6, 6.07) is 3.85. The number of nitrogens with zero attached hydrogens (tertiary/aromatic N) is 2. The van der Waals surface area contributed by atoms with Gasteiger partial charge in [-0.05, 0) is 37.8 Å². The largest absolute Gasteiger partial charge is 0.364 e. The van der Waals surface area contributed by atoms with E-state index in [0.717, 1.165) is 25.7 Å². The molecule has 2 aromatic rings. The molecule has 0 aliphatic heterocycles. The van der Waals surface area contributed by atoms with E-state index in [1.54, 1.807) is 18.3 Å². The van der Waals surface area contributed by atoms with Crippen LogP contribution in [-0.2, 0) is 4.79 Å². The summed E-state index contributed by atoms with van der Waals surface area (Å²) in [7, 11) is 0. The number of hydrogen-bond donors (Lipinski definition) is 3. The molecule has 2 aromatic heterocycles. The number of aromatic nitrogens is 3. The number of H-pyrrole nitrogens is 1. The fourth-order valence-corrected chi connectivity index (χ4v) is 3.03. The smallest absolute Gasteiger partial charge is 0.273 e. The Morgan fingerprint density at radius 2 is 2.18 bits per heavy atom. The Balaban J connectivity index is 1.80. The third kappa shape index (κ3) is 3.08. The number of carbonyl (C=O) groups is 1. The molecule has 1 aliphatic rings. The van der Waals surface area contributed by atoms with Crippen molar-refractivity contribution in [1.29, 1.82) is 0 Å². The fourth-order valence-electron chi connectivity index (χ4n) is 3.03. The minimum absolute atomic E-state index is 0.0000624. The molecule has 0 aromatic carbocycles. The Morgan fingerprint density at radius 3 is 3.00 bits per heavy atom. The van der Waals surface area contributed by atoms with Gasteiger partial charge in [-0.2, -0.15) is 5.10 Å². The molecule has 1 amide bonds. The van der Waals surface area contributed by atoms with Gasteiger partial charge in [-0.15, -0.1) is 0 Å². The van der Waals surface area contributed by atoms with Gasteiger partial charge in [-0.25, -0.2) is 5.10 Å². The normalized spacial score (nSPS) is 21.5. The van der Waals surface area contributed by atoms with E-state index < -0.39 is 0 Å². The summed E-state index contributed by atoms with van der Waals surface area (Å²) >= 11 is 0. The highest BCUT2D eigenvalue weighted by molar-refractivity contribution is 5.86. The number of aromatic amines is 1. The van der Waals surface area contributed by atoms with Gasteiger partial charge < -0.3 is 10.6 Å². The molecule has 1 fully saturated rings. The van der Waals surface area contributed by atoms with Gasteiger partial charge in [0.15, 0.2) is 5.82 Å². The van der Waals surface area contributed by atoms with Crippen LogP contribution in [-0.4, -0.2) is 33.2 Å². The van der Waals surface area contributed by atoms with Crippen molar-refractivity contribution in [2.24, 2.45) is 0 Å². The summed E-state index contributed by atoms with van der Waals surface area (Å²) in [6.45, 7) is 1.54. The van der Waals surface area contributed by atoms with E-state index in [1.165, 1.54) is 6.92 Å². The maximum atomic E-state index is 11.8. The lowest BCUT2D eigenvalue weighted by Gasteiger charge is -2.30. The van der Waals surface area contributed by atoms with Crippen LogP contribution in [0.15, 0.2) is 23.1 Å². The maximum absolute atomic E-state index is 11.8. The second kappa shape index (κ2) is 6.13. The van der Waals surface area contributed by atoms with Crippen molar-refractivity contribution in [2.45, 2.75) is 44.7 Å². The molecule has 2 heterocycles. The van der Waals surface area contributed by atoms with Crippen molar-refractivity contribution >= 4 is 22.6 Å². The van der Waals surface area contributed by atoms with Crippen molar-refractivity contribution in [3.63, 3.8) is 0 Å². The highest BCUT2D eigenvalue weighted by Crippen LogP contribution is 2.23. The van der Waals surface area contributed by atoms with Crippen molar-refractivity contribution in [1.82, 2.24) is 20.5 Å². The molecule has 2 unspecified atom stereocenters. The predicted molar refractivity (Wildman–Crippen MR) is 83.6 cm³/mol. The van der Waals surface area contributed by atoms with E-state index >= 15 is 0 Å². The van der Waals surface area contributed by atoms with Gasteiger partial charge in [0.2, 0.25) is 5.91 Å². The monoisotopic (exact) mass is 301 g/mol. The molecule has 3 N–H and O–H groups in total. The van der Waals surface area contributed by atoms with Gasteiger partial charge in [0.1, 0.15) is 5.52 Å².